The van der Waals surface area contributed by atoms with Gasteiger partial charge in [0.1, 0.15) is 5.69 Å². The van der Waals surface area contributed by atoms with Crippen molar-refractivity contribution in [1.82, 2.24) is 19.6 Å². The van der Waals surface area contributed by atoms with E-state index in [0.717, 1.165) is 0 Å². The van der Waals surface area contributed by atoms with Crippen LogP contribution in [0.1, 0.15) is 22.5 Å². The average Bonchev–Trinajstić information content (AvgIpc) is 2.95. The van der Waals surface area contributed by atoms with Crippen LogP contribution >= 0.6 is 0 Å². The normalized spacial score (nSPS) is 11.7. The first-order valence-electron chi connectivity index (χ1n) is 7.58. The summed E-state index contributed by atoms with van der Waals surface area (Å²) >= 11 is 0. The van der Waals surface area contributed by atoms with Gasteiger partial charge in [0.15, 0.2) is 0 Å². The quantitative estimate of drug-likeness (QED) is 0.544. The summed E-state index contributed by atoms with van der Waals surface area (Å²) in [6, 6.07) is 4.90. The Hall–Kier alpha value is -3.08. The molecule has 0 atom stereocenters. The zero-order valence-corrected chi connectivity index (χ0v) is 15.3. The van der Waals surface area contributed by atoms with Crippen LogP contribution in [0.15, 0.2) is 23.4 Å². The Morgan fingerprint density at radius 1 is 1.12 bits per heavy atom. The van der Waals surface area contributed by atoms with Gasteiger partial charge in [-0.1, -0.05) is 12.1 Å². The molecular formula is C15H16N6O4S. The van der Waals surface area contributed by atoms with Crippen molar-refractivity contribution in [3.8, 4) is 0 Å². The smallest absolute Gasteiger partial charge is 0.270 e. The SMILES string of the molecule is Cc1cc(C)n2nc(S(=O)(=O)Nc3c(C)ccc(C)c3[N+](=O)[O-])nc2n1. The highest BCUT2D eigenvalue weighted by molar-refractivity contribution is 7.92. The zero-order chi connectivity index (χ0) is 19.2. The molecule has 2 heterocycles. The number of rotatable bonds is 4. The fourth-order valence-corrected chi connectivity index (χ4v) is 3.61. The molecule has 3 aromatic rings. The summed E-state index contributed by atoms with van der Waals surface area (Å²) < 4.78 is 29.0. The number of aromatic nitrogens is 4. The number of nitrogens with one attached hydrogen (secondary N) is 1. The molecule has 2 aromatic heterocycles. The van der Waals surface area contributed by atoms with Gasteiger partial charge in [0.25, 0.3) is 26.6 Å². The monoisotopic (exact) mass is 376 g/mol. The number of sulfonamides is 1. The van der Waals surface area contributed by atoms with Gasteiger partial charge in [-0.3, -0.25) is 14.8 Å². The Kier molecular flexibility index (Phi) is 4.11. The second kappa shape index (κ2) is 6.02. The predicted octanol–water partition coefficient (Wildman–Crippen LogP) is 2.07. The van der Waals surface area contributed by atoms with E-state index >= 15 is 0 Å². The number of hydrogen-bond acceptors (Lipinski definition) is 7. The van der Waals surface area contributed by atoms with Crippen LogP contribution in [0, 0.1) is 37.8 Å². The summed E-state index contributed by atoms with van der Waals surface area (Å²) in [6.07, 6.45) is 0. The first-order chi connectivity index (χ1) is 12.1. The van der Waals surface area contributed by atoms with Crippen molar-refractivity contribution >= 4 is 27.2 Å². The van der Waals surface area contributed by atoms with E-state index in [-0.39, 0.29) is 17.2 Å². The number of aryl methyl sites for hydroxylation is 4. The minimum absolute atomic E-state index is 0.102. The molecule has 3 rings (SSSR count). The van der Waals surface area contributed by atoms with Crippen molar-refractivity contribution in [1.29, 1.82) is 0 Å². The molecule has 0 aliphatic heterocycles. The van der Waals surface area contributed by atoms with Gasteiger partial charge < -0.3 is 0 Å². The molecule has 0 amide bonds. The lowest BCUT2D eigenvalue weighted by atomic mass is 10.1. The van der Waals surface area contributed by atoms with E-state index in [4.69, 9.17) is 0 Å². The first-order valence-corrected chi connectivity index (χ1v) is 9.07. The number of hydrogen-bond donors (Lipinski definition) is 1. The van der Waals surface area contributed by atoms with E-state index in [1.807, 2.05) is 0 Å². The van der Waals surface area contributed by atoms with Gasteiger partial charge in [-0.2, -0.15) is 13.4 Å². The van der Waals surface area contributed by atoms with Crippen molar-refractivity contribution in [2.24, 2.45) is 0 Å². The topological polar surface area (TPSA) is 132 Å². The Labute approximate surface area is 149 Å². The van der Waals surface area contributed by atoms with Crippen LogP contribution in [0.5, 0.6) is 0 Å². The number of benzene rings is 1. The minimum Gasteiger partial charge on any atom is -0.270 e. The van der Waals surface area contributed by atoms with Crippen LogP contribution in [-0.2, 0) is 10.0 Å². The summed E-state index contributed by atoms with van der Waals surface area (Å²) in [5.74, 6) is 0.137. The number of anilines is 1. The standard InChI is InChI=1S/C15H16N6O4S/c1-8-5-6-9(2)13(21(22)23)12(8)19-26(24,25)15-17-14-16-10(3)7-11(4)20(14)18-15/h5-7,19H,1-4H3. The fraction of sp³-hybridized carbons (Fsp3) is 0.267. The third kappa shape index (κ3) is 2.96. The molecule has 0 bridgehead atoms. The Bertz CT molecular complexity index is 1150. The lowest BCUT2D eigenvalue weighted by Crippen LogP contribution is -2.17. The van der Waals surface area contributed by atoms with Crippen LogP contribution in [0.3, 0.4) is 0 Å². The van der Waals surface area contributed by atoms with Crippen molar-refractivity contribution in [2.75, 3.05) is 4.72 Å². The van der Waals surface area contributed by atoms with E-state index in [1.54, 1.807) is 39.0 Å². The number of nitrogens with zero attached hydrogens (tertiary/aromatic N) is 5. The summed E-state index contributed by atoms with van der Waals surface area (Å²) in [6.45, 7) is 6.62. The molecule has 10 nitrogen and oxygen atoms in total. The average molecular weight is 376 g/mol. The van der Waals surface area contributed by atoms with Crippen LogP contribution in [0.4, 0.5) is 11.4 Å². The maximum absolute atomic E-state index is 12.7. The highest BCUT2D eigenvalue weighted by atomic mass is 32.2. The molecule has 0 saturated carbocycles. The van der Waals surface area contributed by atoms with E-state index in [2.05, 4.69) is 19.8 Å². The van der Waals surface area contributed by atoms with Crippen molar-refractivity contribution < 1.29 is 13.3 Å². The number of nitro benzene ring substituents is 1. The Morgan fingerprint density at radius 3 is 2.42 bits per heavy atom. The summed E-state index contributed by atoms with van der Waals surface area (Å²) in [5, 5.41) is 14.8. The van der Waals surface area contributed by atoms with Gasteiger partial charge >= 0.3 is 0 Å². The molecule has 0 unspecified atom stereocenters. The van der Waals surface area contributed by atoms with Gasteiger partial charge in [-0.15, -0.1) is 5.10 Å². The number of fused-ring (bicyclic) bond motifs is 1. The molecule has 136 valence electrons. The summed E-state index contributed by atoms with van der Waals surface area (Å²) in [4.78, 5) is 18.8. The van der Waals surface area contributed by atoms with Crippen LogP contribution in [0.2, 0.25) is 0 Å². The van der Waals surface area contributed by atoms with Crippen molar-refractivity contribution in [2.45, 2.75) is 32.9 Å². The molecule has 0 saturated heterocycles. The summed E-state index contributed by atoms with van der Waals surface area (Å²) in [7, 11) is -4.24. The Morgan fingerprint density at radius 2 is 1.77 bits per heavy atom. The van der Waals surface area contributed by atoms with Gasteiger partial charge in [0.2, 0.25) is 0 Å². The molecule has 0 fully saturated rings. The molecule has 11 heteroatoms. The molecule has 1 N–H and O–H groups in total. The van der Waals surface area contributed by atoms with Crippen LogP contribution in [0.25, 0.3) is 5.78 Å². The maximum atomic E-state index is 12.7. The molecule has 26 heavy (non-hydrogen) atoms. The van der Waals surface area contributed by atoms with E-state index in [9.17, 15) is 18.5 Å². The second-order valence-electron chi connectivity index (χ2n) is 5.93. The largest absolute Gasteiger partial charge is 0.299 e. The first kappa shape index (κ1) is 17.7. The van der Waals surface area contributed by atoms with Crippen molar-refractivity contribution in [3.63, 3.8) is 0 Å². The van der Waals surface area contributed by atoms with Gasteiger partial charge in [-0.25, -0.2) is 9.50 Å². The third-order valence-electron chi connectivity index (χ3n) is 3.85. The highest BCUT2D eigenvalue weighted by Crippen LogP contribution is 2.33. The van der Waals surface area contributed by atoms with Gasteiger partial charge in [-0.05, 0) is 39.3 Å². The fourth-order valence-electron chi connectivity index (χ4n) is 2.60. The van der Waals surface area contributed by atoms with Gasteiger partial charge in [0, 0.05) is 17.0 Å². The highest BCUT2D eigenvalue weighted by Gasteiger charge is 2.28. The summed E-state index contributed by atoms with van der Waals surface area (Å²) in [5.41, 5.74) is 1.69. The van der Waals surface area contributed by atoms with Crippen LogP contribution < -0.4 is 4.72 Å². The molecule has 0 spiro atoms. The zero-order valence-electron chi connectivity index (χ0n) is 14.5. The number of nitro groups is 1. The minimum atomic E-state index is -4.24. The van der Waals surface area contributed by atoms with Crippen LogP contribution in [-0.4, -0.2) is 32.9 Å². The van der Waals surface area contributed by atoms with Crippen molar-refractivity contribution in [3.05, 3.63) is 50.8 Å². The molecular weight excluding hydrogens is 360 g/mol. The third-order valence-corrected chi connectivity index (χ3v) is 4.97. The van der Waals surface area contributed by atoms with Gasteiger partial charge in [0.05, 0.1) is 4.92 Å². The van der Waals surface area contributed by atoms with E-state index in [0.29, 0.717) is 22.5 Å². The molecule has 1 aromatic carbocycles. The van der Waals surface area contributed by atoms with E-state index < -0.39 is 20.1 Å². The maximum Gasteiger partial charge on any atom is 0.299 e. The Balaban J connectivity index is 2.13. The van der Waals surface area contributed by atoms with E-state index in [1.165, 1.54) is 11.4 Å². The molecule has 0 radical (unpaired) electrons. The predicted molar refractivity (Wildman–Crippen MR) is 93.6 cm³/mol. The lowest BCUT2D eigenvalue weighted by molar-refractivity contribution is -0.384. The lowest BCUT2D eigenvalue weighted by Gasteiger charge is -2.10. The second-order valence-corrected chi connectivity index (χ2v) is 7.51. The molecule has 0 aliphatic carbocycles. The molecule has 0 aliphatic rings.